The number of amides is 1. The lowest BCUT2D eigenvalue weighted by molar-refractivity contribution is -0.143. The van der Waals surface area contributed by atoms with E-state index in [1.54, 1.807) is 18.3 Å². The highest BCUT2D eigenvalue weighted by Crippen LogP contribution is 2.38. The summed E-state index contributed by atoms with van der Waals surface area (Å²) in [4.78, 5) is 31.8. The SMILES string of the molecule is CCCOC(=O)CN1C(=O)C(C)Oc2ccc(-c3nc(C)sc3C)cc21. The quantitative estimate of drug-likeness (QED) is 0.750. The molecule has 6 nitrogen and oxygen atoms in total. The maximum atomic E-state index is 12.6. The second-order valence-electron chi connectivity index (χ2n) is 6.23. The Morgan fingerprint density at radius 2 is 2.15 bits per heavy atom. The van der Waals surface area contributed by atoms with Crippen LogP contribution in [-0.2, 0) is 14.3 Å². The molecule has 2 heterocycles. The minimum absolute atomic E-state index is 0.127. The first-order valence-electron chi connectivity index (χ1n) is 8.62. The van der Waals surface area contributed by atoms with Crippen molar-refractivity contribution in [2.75, 3.05) is 18.1 Å². The molecule has 0 N–H and O–H groups in total. The van der Waals surface area contributed by atoms with Crippen molar-refractivity contribution in [3.63, 3.8) is 0 Å². The van der Waals surface area contributed by atoms with E-state index >= 15 is 0 Å². The van der Waals surface area contributed by atoms with Crippen molar-refractivity contribution in [1.29, 1.82) is 0 Å². The number of esters is 1. The van der Waals surface area contributed by atoms with Gasteiger partial charge in [-0.3, -0.25) is 14.5 Å². The first kappa shape index (κ1) is 18.4. The Labute approximate surface area is 156 Å². The van der Waals surface area contributed by atoms with E-state index in [-0.39, 0.29) is 12.5 Å². The first-order chi connectivity index (χ1) is 12.4. The van der Waals surface area contributed by atoms with E-state index in [2.05, 4.69) is 4.98 Å². The third-order valence-electron chi connectivity index (χ3n) is 4.10. The standard InChI is InChI=1S/C19H22N2O4S/c1-5-8-24-17(22)10-21-15-9-14(18-12(3)26-13(4)20-18)6-7-16(15)25-11(2)19(21)23/h6-7,9,11H,5,8,10H2,1-4H3. The van der Waals surface area contributed by atoms with Gasteiger partial charge in [-0.25, -0.2) is 4.98 Å². The molecule has 0 radical (unpaired) electrons. The molecule has 1 aliphatic heterocycles. The lowest BCUT2D eigenvalue weighted by Crippen LogP contribution is -2.47. The molecule has 7 heteroatoms. The molecule has 1 atom stereocenters. The van der Waals surface area contributed by atoms with Crippen molar-refractivity contribution in [3.8, 4) is 17.0 Å². The molecule has 0 saturated carbocycles. The fourth-order valence-electron chi connectivity index (χ4n) is 2.90. The summed E-state index contributed by atoms with van der Waals surface area (Å²) in [5.41, 5.74) is 2.35. The van der Waals surface area contributed by atoms with E-state index in [9.17, 15) is 9.59 Å². The van der Waals surface area contributed by atoms with Gasteiger partial charge < -0.3 is 9.47 Å². The van der Waals surface area contributed by atoms with E-state index in [1.165, 1.54) is 4.90 Å². The zero-order valence-electron chi connectivity index (χ0n) is 15.4. The molecule has 0 fully saturated rings. The van der Waals surface area contributed by atoms with Gasteiger partial charge in [0.25, 0.3) is 5.91 Å². The number of rotatable bonds is 5. The van der Waals surface area contributed by atoms with Crippen LogP contribution >= 0.6 is 11.3 Å². The molecular weight excluding hydrogens is 352 g/mol. The molecule has 0 aliphatic carbocycles. The van der Waals surface area contributed by atoms with Crippen LogP contribution in [0.1, 0.15) is 30.2 Å². The first-order valence-corrected chi connectivity index (χ1v) is 9.44. The maximum absolute atomic E-state index is 12.6. The predicted molar refractivity (Wildman–Crippen MR) is 101 cm³/mol. The molecular formula is C19H22N2O4S. The highest BCUT2D eigenvalue weighted by Gasteiger charge is 2.33. The van der Waals surface area contributed by atoms with Crippen molar-refractivity contribution in [2.45, 2.75) is 40.2 Å². The van der Waals surface area contributed by atoms with E-state index in [4.69, 9.17) is 9.47 Å². The summed E-state index contributed by atoms with van der Waals surface area (Å²) < 4.78 is 10.8. The van der Waals surface area contributed by atoms with Gasteiger partial charge in [-0.15, -0.1) is 11.3 Å². The van der Waals surface area contributed by atoms with Gasteiger partial charge in [-0.2, -0.15) is 0 Å². The Kier molecular flexibility index (Phi) is 5.27. The number of aromatic nitrogens is 1. The van der Waals surface area contributed by atoms with Crippen molar-refractivity contribution in [1.82, 2.24) is 4.98 Å². The van der Waals surface area contributed by atoms with Crippen molar-refractivity contribution in [2.24, 2.45) is 0 Å². The van der Waals surface area contributed by atoms with E-state index < -0.39 is 12.1 Å². The van der Waals surface area contributed by atoms with E-state index in [0.717, 1.165) is 27.6 Å². The maximum Gasteiger partial charge on any atom is 0.326 e. The summed E-state index contributed by atoms with van der Waals surface area (Å²) in [6.45, 7) is 7.80. The highest BCUT2D eigenvalue weighted by molar-refractivity contribution is 7.11. The smallest absolute Gasteiger partial charge is 0.326 e. The number of anilines is 1. The van der Waals surface area contributed by atoms with Crippen LogP contribution in [0.25, 0.3) is 11.3 Å². The summed E-state index contributed by atoms with van der Waals surface area (Å²) >= 11 is 1.63. The monoisotopic (exact) mass is 374 g/mol. The van der Waals surface area contributed by atoms with Gasteiger partial charge in [0.05, 0.1) is 23.0 Å². The molecule has 3 rings (SSSR count). The van der Waals surface area contributed by atoms with Crippen LogP contribution in [0.2, 0.25) is 0 Å². The molecule has 138 valence electrons. The Morgan fingerprint density at radius 1 is 1.38 bits per heavy atom. The van der Waals surface area contributed by atoms with Crippen LogP contribution in [0.15, 0.2) is 18.2 Å². The zero-order valence-corrected chi connectivity index (χ0v) is 16.2. The number of carbonyl (C=O) groups is 2. The molecule has 1 unspecified atom stereocenters. The van der Waals surface area contributed by atoms with Gasteiger partial charge in [0.1, 0.15) is 12.3 Å². The molecule has 26 heavy (non-hydrogen) atoms. The van der Waals surface area contributed by atoms with Crippen LogP contribution < -0.4 is 9.64 Å². The topological polar surface area (TPSA) is 68.7 Å². The van der Waals surface area contributed by atoms with Gasteiger partial charge in [-0.1, -0.05) is 6.92 Å². The molecule has 0 bridgehead atoms. The molecule has 1 aliphatic rings. The number of thiazole rings is 1. The van der Waals surface area contributed by atoms with Gasteiger partial charge in [0.15, 0.2) is 6.10 Å². The molecule has 1 amide bonds. The number of ether oxygens (including phenoxy) is 2. The molecule has 1 aromatic heterocycles. The van der Waals surface area contributed by atoms with E-state index in [0.29, 0.717) is 18.0 Å². The lowest BCUT2D eigenvalue weighted by atomic mass is 10.1. The molecule has 0 saturated heterocycles. The Balaban J connectivity index is 1.97. The Bertz CT molecular complexity index is 846. The zero-order chi connectivity index (χ0) is 18.8. The van der Waals surface area contributed by atoms with Crippen LogP contribution in [0.3, 0.4) is 0 Å². The average molecular weight is 374 g/mol. The average Bonchev–Trinajstić information content (AvgIpc) is 2.95. The summed E-state index contributed by atoms with van der Waals surface area (Å²) in [5.74, 6) is -0.102. The number of hydrogen-bond donors (Lipinski definition) is 0. The number of aryl methyl sites for hydroxylation is 2. The number of fused-ring (bicyclic) bond motifs is 1. The van der Waals surface area contributed by atoms with Crippen molar-refractivity contribution < 1.29 is 19.1 Å². The van der Waals surface area contributed by atoms with Crippen LogP contribution in [0.5, 0.6) is 5.75 Å². The van der Waals surface area contributed by atoms with Gasteiger partial charge in [-0.05, 0) is 45.4 Å². The third-order valence-corrected chi connectivity index (χ3v) is 4.98. The van der Waals surface area contributed by atoms with Crippen molar-refractivity contribution in [3.05, 3.63) is 28.1 Å². The van der Waals surface area contributed by atoms with Gasteiger partial charge >= 0.3 is 5.97 Å². The lowest BCUT2D eigenvalue weighted by Gasteiger charge is -2.32. The number of nitrogens with zero attached hydrogens (tertiary/aromatic N) is 2. The number of hydrogen-bond acceptors (Lipinski definition) is 6. The van der Waals surface area contributed by atoms with E-state index in [1.807, 2.05) is 39.0 Å². The normalized spacial score (nSPS) is 16.2. The second kappa shape index (κ2) is 7.45. The predicted octanol–water partition coefficient (Wildman–Crippen LogP) is 3.49. The second-order valence-corrected chi connectivity index (χ2v) is 7.63. The van der Waals surface area contributed by atoms with Crippen LogP contribution in [-0.4, -0.2) is 36.1 Å². The third kappa shape index (κ3) is 3.58. The fourth-order valence-corrected chi connectivity index (χ4v) is 3.74. The summed E-state index contributed by atoms with van der Waals surface area (Å²) in [7, 11) is 0. The number of benzene rings is 1. The van der Waals surface area contributed by atoms with Crippen LogP contribution in [0, 0.1) is 13.8 Å². The summed E-state index contributed by atoms with van der Waals surface area (Å²) in [6, 6.07) is 5.61. The molecule has 2 aromatic rings. The van der Waals surface area contributed by atoms with Crippen molar-refractivity contribution >= 4 is 28.9 Å². The minimum Gasteiger partial charge on any atom is -0.479 e. The molecule has 1 aromatic carbocycles. The Morgan fingerprint density at radius 3 is 2.81 bits per heavy atom. The van der Waals surface area contributed by atoms with Gasteiger partial charge in [0, 0.05) is 10.4 Å². The summed E-state index contributed by atoms with van der Waals surface area (Å²) in [6.07, 6.45) is 0.0955. The largest absolute Gasteiger partial charge is 0.479 e. The van der Waals surface area contributed by atoms with Gasteiger partial charge in [0.2, 0.25) is 0 Å². The van der Waals surface area contributed by atoms with Crippen LogP contribution in [0.4, 0.5) is 5.69 Å². The highest BCUT2D eigenvalue weighted by atomic mass is 32.1. The molecule has 0 spiro atoms. The minimum atomic E-state index is -0.643. The number of carbonyl (C=O) groups excluding carboxylic acids is 2. The fraction of sp³-hybridized carbons (Fsp3) is 0.421. The Hall–Kier alpha value is -2.41. The summed E-state index contributed by atoms with van der Waals surface area (Å²) in [5, 5.41) is 0.983.